The summed E-state index contributed by atoms with van der Waals surface area (Å²) in [6.45, 7) is 16.5. The Labute approximate surface area is 189 Å². The number of piperazine rings is 1. The number of rotatable bonds is 3. The van der Waals surface area contributed by atoms with Crippen molar-refractivity contribution in [2.75, 3.05) is 26.2 Å². The fraction of sp³-hybridized carbons (Fsp3) is 0.692. The molecule has 1 aromatic rings. The van der Waals surface area contributed by atoms with Crippen LogP contribution in [0.15, 0.2) is 30.3 Å². The molecule has 0 atom stereocenters. The minimum Gasteiger partial charge on any atom is -0.481 e. The average molecular weight is 433 g/mol. The number of carboxylic acids is 1. The normalized spacial score (nSPS) is 18.7. The van der Waals surface area contributed by atoms with E-state index in [1.807, 2.05) is 52.5 Å². The molecule has 1 aromatic carbocycles. The molecule has 31 heavy (non-hydrogen) atoms. The number of hydrogen-bond acceptors (Lipinski definition) is 3. The van der Waals surface area contributed by atoms with Gasteiger partial charge < -0.3 is 10.0 Å². The van der Waals surface area contributed by atoms with Crippen molar-refractivity contribution in [3.05, 3.63) is 35.9 Å². The van der Waals surface area contributed by atoms with Crippen LogP contribution in [0.25, 0.3) is 0 Å². The zero-order valence-electron chi connectivity index (χ0n) is 20.6. The van der Waals surface area contributed by atoms with Gasteiger partial charge in [0.25, 0.3) is 0 Å². The van der Waals surface area contributed by atoms with Crippen LogP contribution in [0.1, 0.15) is 79.2 Å². The predicted octanol–water partition coefficient (Wildman–Crippen LogP) is 5.44. The van der Waals surface area contributed by atoms with Crippen LogP contribution >= 0.6 is 0 Å². The monoisotopic (exact) mass is 432 g/mol. The van der Waals surface area contributed by atoms with Crippen molar-refractivity contribution in [2.45, 2.75) is 80.2 Å². The van der Waals surface area contributed by atoms with Crippen molar-refractivity contribution in [1.29, 1.82) is 0 Å². The molecule has 0 aromatic heterocycles. The zero-order chi connectivity index (χ0) is 23.5. The molecule has 0 spiro atoms. The molecule has 2 aliphatic rings. The molecule has 0 unspecified atom stereocenters. The van der Waals surface area contributed by atoms with Gasteiger partial charge in [-0.05, 0) is 25.3 Å². The molecule has 2 fully saturated rings. The highest BCUT2D eigenvalue weighted by molar-refractivity contribution is 5.81. The SMILES string of the molecule is CC.CC(C)(C)C(=O)N1CCN(Cc2ccccc2)CC1.CC1(C(=O)O)CCCCC1. The quantitative estimate of drug-likeness (QED) is 0.690. The van der Waals surface area contributed by atoms with Crippen molar-refractivity contribution in [1.82, 2.24) is 9.80 Å². The number of nitrogens with zero attached hydrogens (tertiary/aromatic N) is 2. The maximum atomic E-state index is 12.2. The number of carbonyl (C=O) groups excluding carboxylic acids is 1. The molecule has 1 aliphatic carbocycles. The fourth-order valence-electron chi connectivity index (χ4n) is 3.97. The molecule has 0 bridgehead atoms. The van der Waals surface area contributed by atoms with Crippen molar-refractivity contribution in [3.8, 4) is 0 Å². The lowest BCUT2D eigenvalue weighted by molar-refractivity contribution is -0.149. The highest BCUT2D eigenvalue weighted by Crippen LogP contribution is 2.35. The minimum atomic E-state index is -0.618. The van der Waals surface area contributed by atoms with Crippen molar-refractivity contribution >= 4 is 11.9 Å². The molecular weight excluding hydrogens is 388 g/mol. The molecule has 3 rings (SSSR count). The molecule has 1 heterocycles. The molecule has 1 saturated carbocycles. The van der Waals surface area contributed by atoms with E-state index in [-0.39, 0.29) is 11.3 Å². The standard InChI is InChI=1S/C16H24N2O.C8H14O2.C2H6/c1-16(2,3)15(19)18-11-9-17(10-12-18)13-14-7-5-4-6-8-14;1-8(7(9)10)5-3-2-4-6-8;1-2/h4-8H,9-13H2,1-3H3;2-6H2,1H3,(H,9,10);1-2H3. The smallest absolute Gasteiger partial charge is 0.309 e. The third-order valence-corrected chi connectivity index (χ3v) is 6.02. The van der Waals surface area contributed by atoms with Gasteiger partial charge in [-0.2, -0.15) is 0 Å². The summed E-state index contributed by atoms with van der Waals surface area (Å²) in [7, 11) is 0. The second-order valence-corrected chi connectivity index (χ2v) is 9.73. The van der Waals surface area contributed by atoms with Gasteiger partial charge in [0.1, 0.15) is 0 Å². The first-order valence-electron chi connectivity index (χ1n) is 11.9. The van der Waals surface area contributed by atoms with E-state index in [4.69, 9.17) is 5.11 Å². The second-order valence-electron chi connectivity index (χ2n) is 9.73. The lowest BCUT2D eigenvalue weighted by Gasteiger charge is -2.37. The fourth-order valence-corrected chi connectivity index (χ4v) is 3.97. The zero-order valence-corrected chi connectivity index (χ0v) is 20.6. The van der Waals surface area contributed by atoms with Gasteiger partial charge >= 0.3 is 5.97 Å². The Hall–Kier alpha value is -1.88. The van der Waals surface area contributed by atoms with Crippen LogP contribution in [0.4, 0.5) is 0 Å². The molecule has 1 aliphatic heterocycles. The van der Waals surface area contributed by atoms with Crippen LogP contribution in [0, 0.1) is 10.8 Å². The van der Waals surface area contributed by atoms with E-state index < -0.39 is 11.4 Å². The third-order valence-electron chi connectivity index (χ3n) is 6.02. The first-order valence-corrected chi connectivity index (χ1v) is 11.9. The van der Waals surface area contributed by atoms with E-state index >= 15 is 0 Å². The van der Waals surface area contributed by atoms with Crippen molar-refractivity contribution in [2.24, 2.45) is 10.8 Å². The third kappa shape index (κ3) is 9.02. The number of hydrogen-bond donors (Lipinski definition) is 1. The number of carbonyl (C=O) groups is 2. The molecule has 1 N–H and O–H groups in total. The molecule has 1 saturated heterocycles. The van der Waals surface area contributed by atoms with E-state index in [2.05, 4.69) is 29.2 Å². The summed E-state index contributed by atoms with van der Waals surface area (Å²) in [5, 5.41) is 8.80. The van der Waals surface area contributed by atoms with E-state index in [1.165, 1.54) is 12.0 Å². The summed E-state index contributed by atoms with van der Waals surface area (Å²) < 4.78 is 0. The number of benzene rings is 1. The lowest BCUT2D eigenvalue weighted by Crippen LogP contribution is -2.51. The maximum absolute atomic E-state index is 12.2. The Morgan fingerprint density at radius 3 is 1.87 bits per heavy atom. The van der Waals surface area contributed by atoms with Gasteiger partial charge in [0, 0.05) is 38.1 Å². The maximum Gasteiger partial charge on any atom is 0.309 e. The van der Waals surface area contributed by atoms with Crippen LogP contribution in [0.3, 0.4) is 0 Å². The first kappa shape index (κ1) is 27.2. The minimum absolute atomic E-state index is 0.262. The second kappa shape index (κ2) is 12.8. The van der Waals surface area contributed by atoms with Gasteiger partial charge in [-0.15, -0.1) is 0 Å². The van der Waals surface area contributed by atoms with Gasteiger partial charge in [-0.3, -0.25) is 14.5 Å². The Kier molecular flexibility index (Phi) is 11.3. The first-order chi connectivity index (χ1) is 14.6. The van der Waals surface area contributed by atoms with Crippen molar-refractivity contribution < 1.29 is 14.7 Å². The molecule has 0 radical (unpaired) electrons. The highest BCUT2D eigenvalue weighted by atomic mass is 16.4. The summed E-state index contributed by atoms with van der Waals surface area (Å²) >= 11 is 0. The number of carboxylic acid groups (broad SMARTS) is 1. The van der Waals surface area contributed by atoms with Gasteiger partial charge in [0.2, 0.25) is 5.91 Å². The summed E-state index contributed by atoms with van der Waals surface area (Å²) in [6, 6.07) is 10.5. The van der Waals surface area contributed by atoms with E-state index in [9.17, 15) is 9.59 Å². The van der Waals surface area contributed by atoms with E-state index in [1.54, 1.807) is 0 Å². The molecular formula is C26H44N2O3. The Balaban J connectivity index is 0.000000337. The van der Waals surface area contributed by atoms with Crippen molar-refractivity contribution in [3.63, 3.8) is 0 Å². The molecule has 5 nitrogen and oxygen atoms in total. The molecule has 176 valence electrons. The largest absolute Gasteiger partial charge is 0.481 e. The van der Waals surface area contributed by atoms with Crippen LogP contribution in [0.5, 0.6) is 0 Å². The van der Waals surface area contributed by atoms with Crippen LogP contribution in [-0.2, 0) is 16.1 Å². The Morgan fingerprint density at radius 1 is 0.935 bits per heavy atom. The summed E-state index contributed by atoms with van der Waals surface area (Å²) in [6.07, 6.45) is 5.11. The van der Waals surface area contributed by atoms with Gasteiger partial charge in [-0.25, -0.2) is 0 Å². The Bertz CT molecular complexity index is 653. The van der Waals surface area contributed by atoms with E-state index in [0.29, 0.717) is 0 Å². The van der Waals surface area contributed by atoms with Gasteiger partial charge in [-0.1, -0.05) is 84.2 Å². The number of amides is 1. The topological polar surface area (TPSA) is 60.9 Å². The lowest BCUT2D eigenvalue weighted by atomic mass is 9.76. The summed E-state index contributed by atoms with van der Waals surface area (Å²) in [5.74, 6) is -0.348. The number of aliphatic carboxylic acids is 1. The van der Waals surface area contributed by atoms with Crippen LogP contribution < -0.4 is 0 Å². The van der Waals surface area contributed by atoms with Crippen LogP contribution in [0.2, 0.25) is 0 Å². The summed E-state index contributed by atoms with van der Waals surface area (Å²) in [5.41, 5.74) is 0.679. The Morgan fingerprint density at radius 2 is 1.45 bits per heavy atom. The predicted molar refractivity (Wildman–Crippen MR) is 128 cm³/mol. The van der Waals surface area contributed by atoms with Gasteiger partial charge in [0.05, 0.1) is 5.41 Å². The van der Waals surface area contributed by atoms with Gasteiger partial charge in [0.15, 0.2) is 0 Å². The summed E-state index contributed by atoms with van der Waals surface area (Å²) in [4.78, 5) is 27.3. The van der Waals surface area contributed by atoms with E-state index in [0.717, 1.165) is 58.4 Å². The average Bonchev–Trinajstić information content (AvgIpc) is 2.76. The molecule has 5 heteroatoms. The van der Waals surface area contributed by atoms with Crippen LogP contribution in [-0.4, -0.2) is 53.0 Å². The highest BCUT2D eigenvalue weighted by Gasteiger charge is 2.34. The molecule has 1 amide bonds.